The fraction of sp³-hybridized carbons (Fsp3) is 0.188. The maximum atomic E-state index is 12.6. The Kier molecular flexibility index (Phi) is 5.06. The van der Waals surface area contributed by atoms with Crippen molar-refractivity contribution in [2.24, 2.45) is 0 Å². The van der Waals surface area contributed by atoms with Crippen molar-refractivity contribution in [2.75, 3.05) is 5.32 Å². The van der Waals surface area contributed by atoms with Gasteiger partial charge in [0.05, 0.1) is 11.9 Å². The maximum Gasteiger partial charge on any atom is 0.408 e. The highest BCUT2D eigenvalue weighted by Crippen LogP contribution is 2.24. The predicted molar refractivity (Wildman–Crippen MR) is 93.2 cm³/mol. The summed E-state index contributed by atoms with van der Waals surface area (Å²) in [5, 5.41) is 17.8. The van der Waals surface area contributed by atoms with E-state index in [1.165, 1.54) is 35.0 Å². The van der Waals surface area contributed by atoms with Gasteiger partial charge in [0.15, 0.2) is 16.5 Å². The number of amides is 1. The molecule has 2 N–H and O–H groups in total. The second-order valence-corrected chi connectivity index (χ2v) is 6.03. The lowest BCUT2D eigenvalue weighted by atomic mass is 10.2. The average molecular weight is 410 g/mol. The Bertz CT molecular complexity index is 1090. The van der Waals surface area contributed by atoms with Crippen LogP contribution in [0, 0.1) is 11.3 Å². The summed E-state index contributed by atoms with van der Waals surface area (Å²) in [6, 6.07) is 5.56. The first-order valence-corrected chi connectivity index (χ1v) is 8.13. The van der Waals surface area contributed by atoms with E-state index in [2.05, 4.69) is 20.4 Å². The molecule has 0 aromatic carbocycles. The first-order chi connectivity index (χ1) is 13.2. The number of rotatable bonds is 4. The highest BCUT2D eigenvalue weighted by molar-refractivity contribution is 6.29. The Hall–Kier alpha value is -3.39. The second kappa shape index (κ2) is 7.32. The number of carbonyl (C=O) groups is 1. The molecule has 0 saturated carbocycles. The summed E-state index contributed by atoms with van der Waals surface area (Å²) in [5.41, 5.74) is 0.569. The van der Waals surface area contributed by atoms with Gasteiger partial charge >= 0.3 is 6.18 Å². The molecule has 0 radical (unpaired) electrons. The molecule has 1 amide bonds. The molecule has 3 heterocycles. The number of hydrogen-bond acceptors (Lipinski definition) is 6. The lowest BCUT2D eigenvalue weighted by molar-refractivity contribution is -0.149. The van der Waals surface area contributed by atoms with E-state index in [-0.39, 0.29) is 28.0 Å². The molecule has 0 saturated heterocycles. The van der Waals surface area contributed by atoms with E-state index >= 15 is 0 Å². The van der Waals surface area contributed by atoms with Gasteiger partial charge in [0.2, 0.25) is 0 Å². The first kappa shape index (κ1) is 19.4. The van der Waals surface area contributed by atoms with Crippen molar-refractivity contribution < 1.29 is 18.0 Å². The highest BCUT2D eigenvalue weighted by atomic mass is 35.5. The Morgan fingerprint density at radius 2 is 2.14 bits per heavy atom. The summed E-state index contributed by atoms with van der Waals surface area (Å²) in [4.78, 5) is 20.1. The molecule has 3 aromatic heterocycles. The lowest BCUT2D eigenvalue weighted by Crippen LogP contribution is -2.43. The van der Waals surface area contributed by atoms with E-state index in [9.17, 15) is 18.0 Å². The minimum absolute atomic E-state index is 0.0670. The van der Waals surface area contributed by atoms with Crippen LogP contribution in [-0.2, 0) is 0 Å². The van der Waals surface area contributed by atoms with Gasteiger partial charge in [-0.25, -0.2) is 9.97 Å². The third-order valence-corrected chi connectivity index (χ3v) is 3.82. The molecule has 0 unspecified atom stereocenters. The highest BCUT2D eigenvalue weighted by Gasteiger charge is 2.37. The fourth-order valence-corrected chi connectivity index (χ4v) is 2.41. The largest absolute Gasteiger partial charge is 0.408 e. The van der Waals surface area contributed by atoms with Crippen LogP contribution in [-0.4, -0.2) is 37.7 Å². The van der Waals surface area contributed by atoms with Crippen LogP contribution in [0.2, 0.25) is 5.15 Å². The minimum Gasteiger partial charge on any atom is -0.339 e. The third kappa shape index (κ3) is 3.96. The molecule has 1 atom stereocenters. The van der Waals surface area contributed by atoms with Crippen molar-refractivity contribution in [2.45, 2.75) is 19.1 Å². The van der Waals surface area contributed by atoms with Crippen molar-refractivity contribution >= 4 is 34.7 Å². The summed E-state index contributed by atoms with van der Waals surface area (Å²) >= 11 is 5.96. The van der Waals surface area contributed by atoms with Crippen molar-refractivity contribution in [3.63, 3.8) is 0 Å². The monoisotopic (exact) mass is 409 g/mol. The number of fused-ring (bicyclic) bond motifs is 1. The number of carbonyl (C=O) groups excluding carboxylic acids is 1. The van der Waals surface area contributed by atoms with Gasteiger partial charge in [-0.1, -0.05) is 17.7 Å². The zero-order valence-electron chi connectivity index (χ0n) is 14.1. The zero-order valence-corrected chi connectivity index (χ0v) is 14.9. The van der Waals surface area contributed by atoms with E-state index < -0.39 is 18.1 Å². The van der Waals surface area contributed by atoms with Crippen LogP contribution in [0.4, 0.5) is 24.7 Å². The lowest BCUT2D eigenvalue weighted by Gasteiger charge is -2.17. The SMILES string of the molecule is C[C@@H](NC(=O)c1cccc(Nc2cc(Cl)nn3c(C#N)cnc23)n1)C(F)(F)F. The second-order valence-electron chi connectivity index (χ2n) is 5.64. The predicted octanol–water partition coefficient (Wildman–Crippen LogP) is 3.07. The summed E-state index contributed by atoms with van der Waals surface area (Å²) in [6.45, 7) is 0.834. The van der Waals surface area contributed by atoms with E-state index in [1.807, 2.05) is 11.4 Å². The maximum absolute atomic E-state index is 12.6. The molecule has 8 nitrogen and oxygen atoms in total. The third-order valence-electron chi connectivity index (χ3n) is 3.64. The average Bonchev–Trinajstić information content (AvgIpc) is 3.04. The van der Waals surface area contributed by atoms with Crippen LogP contribution in [0.1, 0.15) is 23.1 Å². The summed E-state index contributed by atoms with van der Waals surface area (Å²) in [5.74, 6) is -0.808. The van der Waals surface area contributed by atoms with Gasteiger partial charge in [0.25, 0.3) is 5.91 Å². The smallest absolute Gasteiger partial charge is 0.339 e. The summed E-state index contributed by atoms with van der Waals surface area (Å²) in [6.07, 6.45) is -3.26. The number of nitrogens with zero attached hydrogens (tertiary/aromatic N) is 5. The van der Waals surface area contributed by atoms with Crippen LogP contribution in [0.3, 0.4) is 0 Å². The molecular formula is C16H11ClF3N7O. The number of aromatic nitrogens is 4. The van der Waals surface area contributed by atoms with Crippen LogP contribution < -0.4 is 10.6 Å². The van der Waals surface area contributed by atoms with E-state index in [0.717, 1.165) is 6.92 Å². The fourth-order valence-electron chi connectivity index (χ4n) is 2.23. The van der Waals surface area contributed by atoms with Crippen molar-refractivity contribution in [1.82, 2.24) is 24.9 Å². The van der Waals surface area contributed by atoms with Gasteiger partial charge in [0, 0.05) is 6.07 Å². The van der Waals surface area contributed by atoms with Crippen LogP contribution in [0.25, 0.3) is 5.65 Å². The molecule has 3 aromatic rings. The Morgan fingerprint density at radius 1 is 1.39 bits per heavy atom. The molecular weight excluding hydrogens is 399 g/mol. The van der Waals surface area contributed by atoms with E-state index in [1.54, 1.807) is 0 Å². The molecule has 3 rings (SSSR count). The number of imidazole rings is 1. The van der Waals surface area contributed by atoms with Gasteiger partial charge in [0.1, 0.15) is 23.6 Å². The van der Waals surface area contributed by atoms with Crippen LogP contribution >= 0.6 is 11.6 Å². The van der Waals surface area contributed by atoms with Gasteiger partial charge in [-0.3, -0.25) is 4.79 Å². The number of anilines is 2. The Balaban J connectivity index is 1.88. The zero-order chi connectivity index (χ0) is 20.5. The van der Waals surface area contributed by atoms with Crippen molar-refractivity contribution in [3.8, 4) is 6.07 Å². The molecule has 0 aliphatic rings. The standard InChI is InChI=1S/C16H11ClF3N7O/c1-8(16(18,19)20)23-15(28)10-3-2-4-13(24-10)25-11-5-12(17)26-27-9(6-21)7-22-14(11)27/h2-5,7-8H,1H3,(H,23,28)(H,24,25)/t8-/m1/s1. The molecule has 0 aliphatic heterocycles. The Labute approximate surface area is 161 Å². The number of nitriles is 1. The quantitative estimate of drug-likeness (QED) is 0.685. The van der Waals surface area contributed by atoms with Crippen LogP contribution in [0.15, 0.2) is 30.5 Å². The molecule has 28 heavy (non-hydrogen) atoms. The first-order valence-electron chi connectivity index (χ1n) is 7.75. The molecule has 12 heteroatoms. The summed E-state index contributed by atoms with van der Waals surface area (Å²) < 4.78 is 39.1. The van der Waals surface area contributed by atoms with Gasteiger partial charge in [-0.2, -0.15) is 28.0 Å². The van der Waals surface area contributed by atoms with Crippen LogP contribution in [0.5, 0.6) is 0 Å². The van der Waals surface area contributed by atoms with Gasteiger partial charge in [-0.05, 0) is 19.1 Å². The van der Waals surface area contributed by atoms with Crippen molar-refractivity contribution in [1.29, 1.82) is 5.26 Å². The molecule has 144 valence electrons. The van der Waals surface area contributed by atoms with E-state index in [4.69, 9.17) is 16.9 Å². The van der Waals surface area contributed by atoms with Gasteiger partial charge < -0.3 is 10.6 Å². The summed E-state index contributed by atoms with van der Waals surface area (Å²) in [7, 11) is 0. The molecule has 0 bridgehead atoms. The molecule has 0 spiro atoms. The molecule has 0 aliphatic carbocycles. The minimum atomic E-state index is -4.57. The topological polar surface area (TPSA) is 108 Å². The Morgan fingerprint density at radius 3 is 2.82 bits per heavy atom. The van der Waals surface area contributed by atoms with Gasteiger partial charge in [-0.15, -0.1) is 0 Å². The normalized spacial score (nSPS) is 12.4. The number of nitrogens with one attached hydrogen (secondary N) is 2. The number of hydrogen-bond donors (Lipinski definition) is 2. The number of halogens is 4. The van der Waals surface area contributed by atoms with E-state index in [0.29, 0.717) is 5.69 Å². The number of pyridine rings is 1. The van der Waals surface area contributed by atoms with Crippen molar-refractivity contribution in [3.05, 3.63) is 47.0 Å². The number of alkyl halides is 3. The molecule has 0 fully saturated rings.